The molecule has 0 aliphatic carbocycles. The number of Topliss-reactive ketones (excluding diaryl/α,β-unsaturated/α-hetero) is 1. The van der Waals surface area contributed by atoms with E-state index >= 15 is 0 Å². The number of likely N-dealkylation sites (N-methyl/N-ethyl adjacent to an activating group) is 1. The van der Waals surface area contributed by atoms with Gasteiger partial charge in [0.2, 0.25) is 5.91 Å². The number of ketones is 1. The Kier molecular flexibility index (Phi) is 6.77. The molecule has 0 aromatic heterocycles. The molecule has 2 rings (SSSR count). The molecular formula is C21H33N2O2+. The maximum atomic E-state index is 12.8. The molecule has 0 spiro atoms. The molecule has 1 aliphatic rings. The quantitative estimate of drug-likeness (QED) is 0.773. The fraction of sp³-hybridized carbons (Fsp3) is 0.619. The number of aryl methyl sites for hydroxylation is 2. The Labute approximate surface area is 152 Å². The zero-order valence-electron chi connectivity index (χ0n) is 16.2. The molecule has 2 atom stereocenters. The Hall–Kier alpha value is -1.68. The number of carbonyl (C=O) groups is 2. The van der Waals surface area contributed by atoms with Crippen molar-refractivity contribution in [3.63, 3.8) is 0 Å². The van der Waals surface area contributed by atoms with Gasteiger partial charge in [0.05, 0.1) is 25.6 Å². The van der Waals surface area contributed by atoms with Crippen LogP contribution in [0.2, 0.25) is 0 Å². The third kappa shape index (κ3) is 4.91. The number of amides is 1. The zero-order valence-corrected chi connectivity index (χ0v) is 16.2. The Morgan fingerprint density at radius 3 is 2.48 bits per heavy atom. The first-order valence-corrected chi connectivity index (χ1v) is 9.60. The molecule has 1 aliphatic heterocycles. The second kappa shape index (κ2) is 8.61. The lowest BCUT2D eigenvalue weighted by Gasteiger charge is -2.43. The molecule has 1 N–H and O–H groups in total. The van der Waals surface area contributed by atoms with Gasteiger partial charge in [-0.2, -0.15) is 0 Å². The summed E-state index contributed by atoms with van der Waals surface area (Å²) in [5.41, 5.74) is 3.55. The second-order valence-electron chi connectivity index (χ2n) is 7.54. The van der Waals surface area contributed by atoms with E-state index < -0.39 is 0 Å². The van der Waals surface area contributed by atoms with Crippen LogP contribution in [0.5, 0.6) is 0 Å². The highest BCUT2D eigenvalue weighted by Gasteiger charge is 2.38. The van der Waals surface area contributed by atoms with E-state index in [1.807, 2.05) is 13.0 Å². The van der Waals surface area contributed by atoms with E-state index in [1.54, 1.807) is 0 Å². The number of piperidine rings is 1. The van der Waals surface area contributed by atoms with E-state index in [9.17, 15) is 9.59 Å². The highest BCUT2D eigenvalue weighted by molar-refractivity contribution is 5.83. The van der Waals surface area contributed by atoms with E-state index in [2.05, 4.69) is 38.2 Å². The van der Waals surface area contributed by atoms with Crippen molar-refractivity contribution >= 4 is 11.7 Å². The average molecular weight is 346 g/mol. The van der Waals surface area contributed by atoms with Crippen LogP contribution in [0.4, 0.5) is 0 Å². The van der Waals surface area contributed by atoms with Gasteiger partial charge in [0.1, 0.15) is 6.54 Å². The van der Waals surface area contributed by atoms with Crippen molar-refractivity contribution in [1.82, 2.24) is 5.32 Å². The van der Waals surface area contributed by atoms with E-state index in [0.717, 1.165) is 37.0 Å². The molecule has 0 radical (unpaired) electrons. The molecule has 1 fully saturated rings. The van der Waals surface area contributed by atoms with Crippen molar-refractivity contribution in [3.05, 3.63) is 34.9 Å². The number of carbonyl (C=O) groups excluding carboxylic acids is 2. The van der Waals surface area contributed by atoms with Gasteiger partial charge in [-0.25, -0.2) is 0 Å². The van der Waals surface area contributed by atoms with Crippen molar-refractivity contribution in [2.75, 3.05) is 32.7 Å². The van der Waals surface area contributed by atoms with Crippen LogP contribution in [0.3, 0.4) is 0 Å². The molecule has 4 heteroatoms. The topological polar surface area (TPSA) is 46.2 Å². The molecule has 0 saturated carbocycles. The number of rotatable bonds is 7. The van der Waals surface area contributed by atoms with Gasteiger partial charge in [-0.3, -0.25) is 9.59 Å². The molecule has 138 valence electrons. The van der Waals surface area contributed by atoms with Crippen molar-refractivity contribution in [1.29, 1.82) is 0 Å². The minimum Gasteiger partial charge on any atom is -0.356 e. The van der Waals surface area contributed by atoms with E-state index in [4.69, 9.17) is 0 Å². The number of hydrogen-bond acceptors (Lipinski definition) is 2. The predicted molar refractivity (Wildman–Crippen MR) is 101 cm³/mol. The number of nitrogens with zero attached hydrogens (tertiary/aromatic N) is 1. The third-order valence-electron chi connectivity index (χ3n) is 5.72. The highest BCUT2D eigenvalue weighted by Crippen LogP contribution is 2.24. The monoisotopic (exact) mass is 345 g/mol. The maximum Gasteiger partial charge on any atom is 0.228 e. The van der Waals surface area contributed by atoms with Gasteiger partial charge in [0, 0.05) is 13.0 Å². The lowest BCUT2D eigenvalue weighted by molar-refractivity contribution is -0.925. The first-order valence-electron chi connectivity index (χ1n) is 9.60. The summed E-state index contributed by atoms with van der Waals surface area (Å²) in [6.45, 7) is 12.2. The maximum absolute atomic E-state index is 12.8. The van der Waals surface area contributed by atoms with Crippen LogP contribution in [-0.2, 0) is 16.0 Å². The molecule has 0 bridgehead atoms. The molecule has 4 nitrogen and oxygen atoms in total. The first-order chi connectivity index (χ1) is 11.9. The summed E-state index contributed by atoms with van der Waals surface area (Å²) in [7, 11) is 0. The Bertz CT molecular complexity index is 606. The van der Waals surface area contributed by atoms with Crippen LogP contribution in [0.1, 0.15) is 43.4 Å². The van der Waals surface area contributed by atoms with Crippen LogP contribution in [-0.4, -0.2) is 48.9 Å². The van der Waals surface area contributed by atoms with Crippen molar-refractivity contribution < 1.29 is 14.1 Å². The summed E-state index contributed by atoms with van der Waals surface area (Å²) >= 11 is 0. The van der Waals surface area contributed by atoms with Gasteiger partial charge in [-0.15, -0.1) is 0 Å². The molecule has 1 amide bonds. The first kappa shape index (κ1) is 19.6. The summed E-state index contributed by atoms with van der Waals surface area (Å²) in [5, 5.41) is 2.95. The second-order valence-corrected chi connectivity index (χ2v) is 7.54. The van der Waals surface area contributed by atoms with Crippen molar-refractivity contribution in [3.8, 4) is 0 Å². The van der Waals surface area contributed by atoms with Gasteiger partial charge >= 0.3 is 0 Å². The summed E-state index contributed by atoms with van der Waals surface area (Å²) < 4.78 is 0.756. The molecular weight excluding hydrogens is 312 g/mol. The zero-order chi connectivity index (χ0) is 18.4. The number of benzene rings is 1. The molecule has 1 heterocycles. The van der Waals surface area contributed by atoms with Crippen LogP contribution >= 0.6 is 0 Å². The van der Waals surface area contributed by atoms with Crippen molar-refractivity contribution in [2.24, 2.45) is 5.92 Å². The van der Waals surface area contributed by atoms with Crippen LogP contribution in [0.25, 0.3) is 0 Å². The summed E-state index contributed by atoms with van der Waals surface area (Å²) in [6.07, 6.45) is 2.47. The lowest BCUT2D eigenvalue weighted by atomic mass is 9.93. The Morgan fingerprint density at radius 1 is 1.20 bits per heavy atom. The third-order valence-corrected chi connectivity index (χ3v) is 5.72. The highest BCUT2D eigenvalue weighted by atomic mass is 16.2. The van der Waals surface area contributed by atoms with Crippen LogP contribution < -0.4 is 5.32 Å². The minimum atomic E-state index is 0.0432. The predicted octanol–water partition coefficient (Wildman–Crippen LogP) is 2.80. The van der Waals surface area contributed by atoms with E-state index in [-0.39, 0.29) is 17.6 Å². The molecule has 2 unspecified atom stereocenters. The Balaban J connectivity index is 2.07. The van der Waals surface area contributed by atoms with E-state index in [0.29, 0.717) is 19.5 Å². The van der Waals surface area contributed by atoms with E-state index in [1.165, 1.54) is 16.7 Å². The fourth-order valence-corrected chi connectivity index (χ4v) is 4.15. The van der Waals surface area contributed by atoms with Crippen molar-refractivity contribution in [2.45, 2.75) is 47.0 Å². The number of nitrogens with one attached hydrogen (secondary N) is 1. The fourth-order valence-electron chi connectivity index (χ4n) is 4.15. The molecule has 1 saturated heterocycles. The molecule has 25 heavy (non-hydrogen) atoms. The van der Waals surface area contributed by atoms with Gasteiger partial charge in [-0.1, -0.05) is 18.2 Å². The SMILES string of the molecule is CCNC(=O)C1CCC[N+](CC)(CC(=O)Cc2c(C)cccc2C)C1. The van der Waals surface area contributed by atoms with Gasteiger partial charge < -0.3 is 9.80 Å². The number of quaternary nitrogens is 1. The minimum absolute atomic E-state index is 0.0432. The summed E-state index contributed by atoms with van der Waals surface area (Å²) in [6, 6.07) is 6.19. The Morgan fingerprint density at radius 2 is 1.88 bits per heavy atom. The average Bonchev–Trinajstić information content (AvgIpc) is 2.58. The van der Waals surface area contributed by atoms with Crippen LogP contribution in [0, 0.1) is 19.8 Å². The lowest BCUT2D eigenvalue weighted by Crippen LogP contribution is -2.58. The molecule has 1 aromatic carbocycles. The smallest absolute Gasteiger partial charge is 0.228 e. The van der Waals surface area contributed by atoms with Crippen LogP contribution in [0.15, 0.2) is 18.2 Å². The molecule has 1 aromatic rings. The largest absolute Gasteiger partial charge is 0.356 e. The standard InChI is InChI=1S/C21H32N2O2/c1-5-22-21(25)18-11-8-12-23(6-2,14-18)15-19(24)13-20-16(3)9-7-10-17(20)4/h7,9-10,18H,5-6,8,11-15H2,1-4H3/p+1. The normalized spacial score (nSPS) is 23.3. The summed E-state index contributed by atoms with van der Waals surface area (Å²) in [4.78, 5) is 25.1. The number of hydrogen-bond donors (Lipinski definition) is 1. The number of likely N-dealkylation sites (tertiary alicyclic amines) is 1. The van der Waals surface area contributed by atoms with Gasteiger partial charge in [0.15, 0.2) is 5.78 Å². The summed E-state index contributed by atoms with van der Waals surface area (Å²) in [5.74, 6) is 0.484. The van der Waals surface area contributed by atoms with Gasteiger partial charge in [-0.05, 0) is 57.2 Å². The van der Waals surface area contributed by atoms with Gasteiger partial charge in [0.25, 0.3) is 0 Å².